The fourth-order valence-corrected chi connectivity index (χ4v) is 3.09. The molecule has 3 N–H and O–H groups in total. The van der Waals surface area contributed by atoms with E-state index >= 15 is 0 Å². The second-order valence-corrected chi connectivity index (χ2v) is 7.02. The highest BCUT2D eigenvalue weighted by Crippen LogP contribution is 2.28. The molecule has 20 heavy (non-hydrogen) atoms. The van der Waals surface area contributed by atoms with Gasteiger partial charge < -0.3 is 15.0 Å². The molecule has 0 spiro atoms. The molecule has 2 rings (SSSR count). The van der Waals surface area contributed by atoms with Gasteiger partial charge in [-0.05, 0) is 31.2 Å². The average Bonchev–Trinajstić information content (AvgIpc) is 3.14. The van der Waals surface area contributed by atoms with Crippen LogP contribution in [-0.4, -0.2) is 32.7 Å². The van der Waals surface area contributed by atoms with Crippen LogP contribution in [0.2, 0.25) is 0 Å². The van der Waals surface area contributed by atoms with E-state index in [2.05, 4.69) is 4.72 Å². The number of nitrogens with two attached hydrogens (primary N) is 1. The van der Waals surface area contributed by atoms with Gasteiger partial charge in [-0.1, -0.05) is 0 Å². The Morgan fingerprint density at radius 3 is 2.85 bits per heavy atom. The smallest absolute Gasteiger partial charge is 0.242 e. The van der Waals surface area contributed by atoms with Crippen molar-refractivity contribution in [2.24, 2.45) is 18.7 Å². The van der Waals surface area contributed by atoms with Crippen molar-refractivity contribution < 1.29 is 13.2 Å². The zero-order chi connectivity index (χ0) is 14.6. The van der Waals surface area contributed by atoms with E-state index in [4.69, 9.17) is 10.5 Å². The van der Waals surface area contributed by atoms with Crippen molar-refractivity contribution >= 4 is 10.0 Å². The molecule has 0 aromatic carbocycles. The number of hydrogen-bond acceptors (Lipinski definition) is 4. The Kier molecular flexibility index (Phi) is 5.20. The Morgan fingerprint density at radius 2 is 2.25 bits per heavy atom. The summed E-state index contributed by atoms with van der Waals surface area (Å²) < 4.78 is 33.9. The minimum Gasteiger partial charge on any atom is -0.381 e. The Labute approximate surface area is 120 Å². The molecule has 1 aromatic heterocycles. The third-order valence-electron chi connectivity index (χ3n) is 3.41. The molecular weight excluding hydrogens is 278 g/mol. The summed E-state index contributed by atoms with van der Waals surface area (Å²) in [6.07, 6.45) is 4.80. The SMILES string of the molecule is Cn1cc(S(=O)(=O)NCCCOCC2CC2)cc1CN. The monoisotopic (exact) mass is 301 g/mol. The van der Waals surface area contributed by atoms with E-state index in [1.54, 1.807) is 23.9 Å². The highest BCUT2D eigenvalue weighted by Gasteiger charge is 2.21. The van der Waals surface area contributed by atoms with E-state index in [1.807, 2.05) is 0 Å². The minimum atomic E-state index is -3.45. The summed E-state index contributed by atoms with van der Waals surface area (Å²) in [6.45, 7) is 2.12. The Bertz CT molecular complexity index is 535. The Hall–Kier alpha value is -0.890. The molecule has 1 aliphatic rings. The van der Waals surface area contributed by atoms with Crippen LogP contribution in [-0.2, 0) is 28.4 Å². The van der Waals surface area contributed by atoms with Crippen LogP contribution in [0.15, 0.2) is 17.2 Å². The van der Waals surface area contributed by atoms with Crippen molar-refractivity contribution in [2.75, 3.05) is 19.8 Å². The molecule has 1 aliphatic carbocycles. The summed E-state index contributed by atoms with van der Waals surface area (Å²) in [5, 5.41) is 0. The van der Waals surface area contributed by atoms with Crippen LogP contribution in [0.4, 0.5) is 0 Å². The largest absolute Gasteiger partial charge is 0.381 e. The summed E-state index contributed by atoms with van der Waals surface area (Å²) in [6, 6.07) is 1.60. The van der Waals surface area contributed by atoms with Crippen LogP contribution in [0.5, 0.6) is 0 Å². The third-order valence-corrected chi connectivity index (χ3v) is 4.84. The van der Waals surface area contributed by atoms with Crippen LogP contribution in [0.1, 0.15) is 25.0 Å². The molecule has 0 aliphatic heterocycles. The maximum Gasteiger partial charge on any atom is 0.242 e. The first kappa shape index (κ1) is 15.5. The van der Waals surface area contributed by atoms with Crippen LogP contribution in [0.25, 0.3) is 0 Å². The number of aryl methyl sites for hydroxylation is 1. The first-order valence-electron chi connectivity index (χ1n) is 6.95. The average molecular weight is 301 g/mol. The van der Waals surface area contributed by atoms with E-state index in [1.165, 1.54) is 12.8 Å². The van der Waals surface area contributed by atoms with E-state index in [-0.39, 0.29) is 4.90 Å². The second kappa shape index (κ2) is 6.71. The van der Waals surface area contributed by atoms with Crippen molar-refractivity contribution in [1.29, 1.82) is 0 Å². The molecule has 1 heterocycles. The lowest BCUT2D eigenvalue weighted by molar-refractivity contribution is 0.123. The normalized spacial score (nSPS) is 15.7. The minimum absolute atomic E-state index is 0.263. The number of aromatic nitrogens is 1. The van der Waals surface area contributed by atoms with Crippen LogP contribution in [0.3, 0.4) is 0 Å². The Balaban J connectivity index is 1.74. The topological polar surface area (TPSA) is 86.3 Å². The molecule has 7 heteroatoms. The van der Waals surface area contributed by atoms with Crippen molar-refractivity contribution in [3.8, 4) is 0 Å². The van der Waals surface area contributed by atoms with Gasteiger partial charge in [0.2, 0.25) is 10.0 Å². The lowest BCUT2D eigenvalue weighted by Crippen LogP contribution is -2.25. The van der Waals surface area contributed by atoms with Crippen molar-refractivity contribution in [1.82, 2.24) is 9.29 Å². The predicted molar refractivity (Wildman–Crippen MR) is 76.7 cm³/mol. The van der Waals surface area contributed by atoms with E-state index in [9.17, 15) is 8.42 Å². The molecule has 0 saturated heterocycles. The van der Waals surface area contributed by atoms with Crippen molar-refractivity contribution in [3.63, 3.8) is 0 Å². The maximum absolute atomic E-state index is 12.1. The third kappa shape index (κ3) is 4.31. The summed E-state index contributed by atoms with van der Waals surface area (Å²) in [7, 11) is -1.66. The fraction of sp³-hybridized carbons (Fsp3) is 0.692. The van der Waals surface area contributed by atoms with E-state index < -0.39 is 10.0 Å². The molecule has 0 atom stereocenters. The summed E-state index contributed by atoms with van der Waals surface area (Å²) in [5.74, 6) is 0.741. The van der Waals surface area contributed by atoms with Crippen molar-refractivity contribution in [2.45, 2.75) is 30.7 Å². The molecule has 6 nitrogen and oxygen atoms in total. The lowest BCUT2D eigenvalue weighted by Gasteiger charge is -2.05. The standard InChI is InChI=1S/C13H23N3O3S/c1-16-9-13(7-12(16)8-14)20(17,18)15-5-2-6-19-10-11-3-4-11/h7,9,11,15H,2-6,8,10,14H2,1H3. The van der Waals surface area contributed by atoms with Crippen LogP contribution in [0, 0.1) is 5.92 Å². The first-order valence-corrected chi connectivity index (χ1v) is 8.44. The zero-order valence-electron chi connectivity index (χ0n) is 11.8. The highest BCUT2D eigenvalue weighted by molar-refractivity contribution is 7.89. The Morgan fingerprint density at radius 1 is 1.50 bits per heavy atom. The van der Waals surface area contributed by atoms with Gasteiger partial charge in [0.15, 0.2) is 0 Å². The van der Waals surface area contributed by atoms with E-state index in [0.717, 1.165) is 18.2 Å². The number of nitrogens with one attached hydrogen (secondary N) is 1. The van der Waals surface area contributed by atoms with Gasteiger partial charge in [0.1, 0.15) is 0 Å². The molecule has 114 valence electrons. The molecule has 1 fully saturated rings. The maximum atomic E-state index is 12.1. The van der Waals surface area contributed by atoms with E-state index in [0.29, 0.717) is 26.1 Å². The molecule has 1 saturated carbocycles. The number of sulfonamides is 1. The molecule has 0 bridgehead atoms. The van der Waals surface area contributed by atoms with Gasteiger partial charge in [-0.25, -0.2) is 13.1 Å². The van der Waals surface area contributed by atoms with Gasteiger partial charge in [0.25, 0.3) is 0 Å². The van der Waals surface area contributed by atoms with Gasteiger partial charge in [0.05, 0.1) is 4.90 Å². The zero-order valence-corrected chi connectivity index (χ0v) is 12.7. The van der Waals surface area contributed by atoms with Gasteiger partial charge in [-0.2, -0.15) is 0 Å². The molecule has 0 radical (unpaired) electrons. The lowest BCUT2D eigenvalue weighted by atomic mass is 10.4. The number of rotatable bonds is 9. The second-order valence-electron chi connectivity index (χ2n) is 5.25. The van der Waals surface area contributed by atoms with Gasteiger partial charge in [0, 0.05) is 45.2 Å². The summed E-state index contributed by atoms with van der Waals surface area (Å²) in [5.41, 5.74) is 6.33. The van der Waals surface area contributed by atoms with Crippen LogP contribution < -0.4 is 10.5 Å². The summed E-state index contributed by atoms with van der Waals surface area (Å²) >= 11 is 0. The quantitative estimate of drug-likeness (QED) is 0.653. The van der Waals surface area contributed by atoms with Crippen LogP contribution >= 0.6 is 0 Å². The fourth-order valence-electron chi connectivity index (χ4n) is 1.93. The molecule has 0 amide bonds. The number of ether oxygens (including phenoxy) is 1. The predicted octanol–water partition coefficient (Wildman–Crippen LogP) is 0.579. The van der Waals surface area contributed by atoms with Gasteiger partial charge in [-0.3, -0.25) is 0 Å². The molecular formula is C13H23N3O3S. The van der Waals surface area contributed by atoms with Gasteiger partial charge >= 0.3 is 0 Å². The number of nitrogens with zero attached hydrogens (tertiary/aromatic N) is 1. The number of hydrogen-bond donors (Lipinski definition) is 2. The summed E-state index contributed by atoms with van der Waals surface area (Å²) in [4.78, 5) is 0.263. The van der Waals surface area contributed by atoms with Gasteiger partial charge in [-0.15, -0.1) is 0 Å². The van der Waals surface area contributed by atoms with Crippen molar-refractivity contribution in [3.05, 3.63) is 18.0 Å². The first-order chi connectivity index (χ1) is 9.53. The highest BCUT2D eigenvalue weighted by atomic mass is 32.2. The molecule has 0 unspecified atom stereocenters. The molecule has 1 aromatic rings.